The van der Waals surface area contributed by atoms with Crippen molar-refractivity contribution in [2.24, 2.45) is 0 Å². The number of thioether (sulfide) groups is 1. The average Bonchev–Trinajstić information content (AvgIpc) is 2.95. The molecule has 20 heavy (non-hydrogen) atoms. The number of likely N-dealkylation sites (N-methyl/N-ethyl adjacent to an activating group) is 1. The van der Waals surface area contributed by atoms with Crippen LogP contribution in [0.1, 0.15) is 12.5 Å². The van der Waals surface area contributed by atoms with Crippen LogP contribution in [-0.4, -0.2) is 28.5 Å². The van der Waals surface area contributed by atoms with E-state index in [-0.39, 0.29) is 12.7 Å². The maximum absolute atomic E-state index is 12.2. The predicted octanol–water partition coefficient (Wildman–Crippen LogP) is 3.40. The van der Waals surface area contributed by atoms with Crippen LogP contribution in [0.5, 0.6) is 11.5 Å². The average molecular weight is 372 g/mol. The fraction of sp³-hybridized carbons (Fsp3) is 0.231. The fourth-order valence-electron chi connectivity index (χ4n) is 1.96. The predicted molar refractivity (Wildman–Crippen MR) is 85.8 cm³/mol. The molecular weight excluding hydrogens is 362 g/mol. The molecule has 104 valence electrons. The molecule has 7 heteroatoms. The van der Waals surface area contributed by atoms with E-state index in [4.69, 9.17) is 21.7 Å². The molecule has 0 N–H and O–H groups in total. The molecular formula is C13H10BrNO3S2. The van der Waals surface area contributed by atoms with Crippen molar-refractivity contribution in [3.05, 3.63) is 27.1 Å². The minimum absolute atomic E-state index is 0.0490. The standard InChI is InChI=1S/C13H10BrNO3S2/c1-2-15-12(16)11(20-13(15)19)4-7-3-9-10(5-8(7)14)18-6-17-9/h3-5H,2,6H2,1H3/b11-4-. The summed E-state index contributed by atoms with van der Waals surface area (Å²) in [5, 5.41) is 0. The molecule has 0 unspecified atom stereocenters. The molecule has 0 aliphatic carbocycles. The number of fused-ring (bicyclic) bond motifs is 1. The molecule has 0 spiro atoms. The number of benzene rings is 1. The summed E-state index contributed by atoms with van der Waals surface area (Å²) in [6, 6.07) is 3.69. The van der Waals surface area contributed by atoms with Crippen molar-refractivity contribution in [2.45, 2.75) is 6.92 Å². The van der Waals surface area contributed by atoms with Crippen molar-refractivity contribution in [2.75, 3.05) is 13.3 Å². The number of hydrogen-bond acceptors (Lipinski definition) is 5. The summed E-state index contributed by atoms with van der Waals surface area (Å²) in [4.78, 5) is 14.4. The van der Waals surface area contributed by atoms with Crippen LogP contribution in [0.25, 0.3) is 6.08 Å². The van der Waals surface area contributed by atoms with Gasteiger partial charge in [0.25, 0.3) is 5.91 Å². The molecule has 0 radical (unpaired) electrons. The number of thiocarbonyl (C=S) groups is 1. The smallest absolute Gasteiger partial charge is 0.266 e. The summed E-state index contributed by atoms with van der Waals surface area (Å²) >= 11 is 9.99. The highest BCUT2D eigenvalue weighted by atomic mass is 79.9. The van der Waals surface area contributed by atoms with Crippen LogP contribution in [0, 0.1) is 0 Å². The summed E-state index contributed by atoms with van der Waals surface area (Å²) in [5.74, 6) is 1.34. The first-order valence-electron chi connectivity index (χ1n) is 5.94. The SMILES string of the molecule is CCN1C(=O)/C(=C/c2cc3c(cc2Br)OCO3)SC1=S. The normalized spacial score (nSPS) is 19.3. The molecule has 4 nitrogen and oxygen atoms in total. The topological polar surface area (TPSA) is 38.8 Å². The number of halogens is 1. The van der Waals surface area contributed by atoms with E-state index in [1.54, 1.807) is 4.90 Å². The van der Waals surface area contributed by atoms with Crippen molar-refractivity contribution < 1.29 is 14.3 Å². The van der Waals surface area contributed by atoms with Gasteiger partial charge < -0.3 is 9.47 Å². The van der Waals surface area contributed by atoms with Crippen molar-refractivity contribution in [1.29, 1.82) is 0 Å². The van der Waals surface area contributed by atoms with Gasteiger partial charge in [0.05, 0.1) is 4.91 Å². The lowest BCUT2D eigenvalue weighted by Crippen LogP contribution is -2.27. The van der Waals surface area contributed by atoms with Crippen molar-refractivity contribution in [3.63, 3.8) is 0 Å². The molecule has 2 aliphatic rings. The van der Waals surface area contributed by atoms with E-state index in [2.05, 4.69) is 15.9 Å². The summed E-state index contributed by atoms with van der Waals surface area (Å²) in [6.07, 6.45) is 1.82. The van der Waals surface area contributed by atoms with E-state index in [9.17, 15) is 4.79 Å². The van der Waals surface area contributed by atoms with Gasteiger partial charge in [0, 0.05) is 11.0 Å². The van der Waals surface area contributed by atoms with Gasteiger partial charge in [-0.2, -0.15) is 0 Å². The highest BCUT2D eigenvalue weighted by Gasteiger charge is 2.31. The Morgan fingerprint density at radius 1 is 1.45 bits per heavy atom. The second-order valence-electron chi connectivity index (χ2n) is 4.15. The second-order valence-corrected chi connectivity index (χ2v) is 6.68. The Bertz CT molecular complexity index is 645. The van der Waals surface area contributed by atoms with Crippen LogP contribution in [0.2, 0.25) is 0 Å². The number of carbonyl (C=O) groups excluding carboxylic acids is 1. The Labute approximate surface area is 134 Å². The first kappa shape index (κ1) is 13.9. The third-order valence-corrected chi connectivity index (χ3v) is 5.03. The lowest BCUT2D eigenvalue weighted by Gasteiger charge is -2.09. The number of amides is 1. The zero-order chi connectivity index (χ0) is 14.3. The van der Waals surface area contributed by atoms with E-state index in [0.717, 1.165) is 10.0 Å². The van der Waals surface area contributed by atoms with Crippen LogP contribution >= 0.6 is 39.9 Å². The maximum Gasteiger partial charge on any atom is 0.266 e. The number of carbonyl (C=O) groups is 1. The van der Waals surface area contributed by atoms with Gasteiger partial charge in [-0.1, -0.05) is 39.9 Å². The van der Waals surface area contributed by atoms with Crippen molar-refractivity contribution in [3.8, 4) is 11.5 Å². The zero-order valence-corrected chi connectivity index (χ0v) is 13.7. The van der Waals surface area contributed by atoms with Gasteiger partial charge in [-0.3, -0.25) is 9.69 Å². The van der Waals surface area contributed by atoms with E-state index in [1.165, 1.54) is 11.8 Å². The third kappa shape index (κ3) is 2.34. The van der Waals surface area contributed by atoms with Crippen molar-refractivity contribution >= 4 is 56.2 Å². The van der Waals surface area contributed by atoms with Gasteiger partial charge in [0.15, 0.2) is 11.5 Å². The molecule has 1 saturated heterocycles. The van der Waals surface area contributed by atoms with Crippen LogP contribution in [0.4, 0.5) is 0 Å². The van der Waals surface area contributed by atoms with Crippen molar-refractivity contribution in [1.82, 2.24) is 4.90 Å². The highest BCUT2D eigenvalue weighted by molar-refractivity contribution is 9.10. The molecule has 1 aromatic rings. The van der Waals surface area contributed by atoms with E-state index in [0.29, 0.717) is 27.3 Å². The van der Waals surface area contributed by atoms with E-state index in [1.807, 2.05) is 25.1 Å². The summed E-state index contributed by atoms with van der Waals surface area (Å²) in [6.45, 7) is 2.72. The van der Waals surface area contributed by atoms with Crippen LogP contribution in [0.3, 0.4) is 0 Å². The number of ether oxygens (including phenoxy) is 2. The van der Waals surface area contributed by atoms with Crippen LogP contribution < -0.4 is 9.47 Å². The Morgan fingerprint density at radius 2 is 2.15 bits per heavy atom. The van der Waals surface area contributed by atoms with Gasteiger partial charge in [0.2, 0.25) is 6.79 Å². The molecule has 2 aliphatic heterocycles. The molecule has 2 heterocycles. The number of nitrogens with zero attached hydrogens (tertiary/aromatic N) is 1. The summed E-state index contributed by atoms with van der Waals surface area (Å²) in [7, 11) is 0. The minimum atomic E-state index is -0.0490. The molecule has 1 fully saturated rings. The summed E-state index contributed by atoms with van der Waals surface area (Å²) in [5.41, 5.74) is 0.867. The van der Waals surface area contributed by atoms with Gasteiger partial charge >= 0.3 is 0 Å². The largest absolute Gasteiger partial charge is 0.454 e. The molecule has 1 amide bonds. The highest BCUT2D eigenvalue weighted by Crippen LogP contribution is 2.39. The molecule has 0 aromatic heterocycles. The molecule has 0 saturated carbocycles. The first-order valence-corrected chi connectivity index (χ1v) is 7.96. The lowest BCUT2D eigenvalue weighted by atomic mass is 10.2. The minimum Gasteiger partial charge on any atom is -0.454 e. The fourth-order valence-corrected chi connectivity index (χ4v) is 3.77. The Kier molecular flexibility index (Phi) is 3.74. The quantitative estimate of drug-likeness (QED) is 0.588. The Balaban J connectivity index is 1.97. The monoisotopic (exact) mass is 371 g/mol. The van der Waals surface area contributed by atoms with Crippen LogP contribution in [0.15, 0.2) is 21.5 Å². The maximum atomic E-state index is 12.2. The lowest BCUT2D eigenvalue weighted by molar-refractivity contribution is -0.121. The molecule has 1 aromatic carbocycles. The first-order chi connectivity index (χ1) is 9.60. The van der Waals surface area contributed by atoms with Gasteiger partial charge in [-0.05, 0) is 30.7 Å². The third-order valence-electron chi connectivity index (χ3n) is 2.97. The second kappa shape index (κ2) is 5.38. The van der Waals surface area contributed by atoms with Gasteiger partial charge in [0.1, 0.15) is 4.32 Å². The Hall–Kier alpha value is -1.05. The molecule has 3 rings (SSSR count). The molecule has 0 atom stereocenters. The van der Waals surface area contributed by atoms with Gasteiger partial charge in [-0.15, -0.1) is 0 Å². The number of hydrogen-bond donors (Lipinski definition) is 0. The number of rotatable bonds is 2. The van der Waals surface area contributed by atoms with E-state index >= 15 is 0 Å². The van der Waals surface area contributed by atoms with E-state index < -0.39 is 0 Å². The van der Waals surface area contributed by atoms with Crippen LogP contribution in [-0.2, 0) is 4.79 Å². The summed E-state index contributed by atoms with van der Waals surface area (Å²) < 4.78 is 12.1. The zero-order valence-electron chi connectivity index (χ0n) is 10.5. The molecule has 0 bridgehead atoms. The Morgan fingerprint density at radius 3 is 2.80 bits per heavy atom. The van der Waals surface area contributed by atoms with Gasteiger partial charge in [-0.25, -0.2) is 0 Å².